The van der Waals surface area contributed by atoms with Crippen molar-refractivity contribution in [2.45, 2.75) is 26.8 Å². The number of nitrogens with zero attached hydrogens (tertiary/aromatic N) is 3. The summed E-state index contributed by atoms with van der Waals surface area (Å²) in [6.45, 7) is 4.71. The third-order valence-electron chi connectivity index (χ3n) is 2.85. The molecule has 0 saturated carbocycles. The average molecular weight is 472 g/mol. The lowest BCUT2D eigenvalue weighted by Crippen LogP contribution is -2.35. The molecule has 0 fully saturated rings. The molecule has 27 heavy (non-hydrogen) atoms. The average Bonchev–Trinajstić information content (AvgIpc) is 2.73. The van der Waals surface area contributed by atoms with Crippen molar-refractivity contribution in [3.63, 3.8) is 0 Å². The maximum atomic E-state index is 8.98. The Kier molecular flexibility index (Phi) is 18.8. The number of aliphatic hydroxyl groups is 1. The highest BCUT2D eigenvalue weighted by atomic mass is 35.5. The smallest absolute Gasteiger partial charge is 0.412 e. The molecule has 0 unspecified atom stereocenters. The van der Waals surface area contributed by atoms with Gasteiger partial charge in [0.05, 0.1) is 10.4 Å². The molecule has 2 rings (SSSR count). The Morgan fingerprint density at radius 2 is 1.74 bits per heavy atom. The molecule has 2 aromatic heterocycles. The van der Waals surface area contributed by atoms with Crippen LogP contribution in [-0.4, -0.2) is 47.3 Å². The lowest BCUT2D eigenvalue weighted by Gasteiger charge is -2.01. The van der Waals surface area contributed by atoms with Crippen molar-refractivity contribution in [1.82, 2.24) is 9.97 Å². The molecule has 0 aromatic carbocycles. The van der Waals surface area contributed by atoms with Gasteiger partial charge in [0.15, 0.2) is 12.2 Å². The van der Waals surface area contributed by atoms with Crippen LogP contribution >= 0.6 is 44.0 Å². The van der Waals surface area contributed by atoms with Crippen molar-refractivity contribution in [3.8, 4) is 0 Å². The van der Waals surface area contributed by atoms with E-state index in [-0.39, 0.29) is 42.4 Å². The minimum Gasteiger partial charge on any atom is -0.412 e. The van der Waals surface area contributed by atoms with Crippen LogP contribution in [0, 0.1) is 13.8 Å². The zero-order chi connectivity index (χ0) is 17.6. The highest BCUT2D eigenvalue weighted by Gasteiger charge is 2.16. The molecule has 10 N–H and O–H groups in total. The van der Waals surface area contributed by atoms with Gasteiger partial charge in [-0.15, -0.1) is 24.8 Å². The third-order valence-corrected chi connectivity index (χ3v) is 4.00. The number of aryl methyl sites for hydroxylation is 1. The fourth-order valence-corrected chi connectivity index (χ4v) is 2.75. The van der Waals surface area contributed by atoms with Gasteiger partial charge >= 0.3 is 7.82 Å². The van der Waals surface area contributed by atoms with E-state index in [1.165, 1.54) is 4.88 Å². The first kappa shape index (κ1) is 33.6. The van der Waals surface area contributed by atoms with Crippen molar-refractivity contribution >= 4 is 49.8 Å². The van der Waals surface area contributed by atoms with Crippen molar-refractivity contribution in [1.29, 1.82) is 0 Å². The molecule has 2 aromatic rings. The van der Waals surface area contributed by atoms with Crippen LogP contribution in [0.2, 0.25) is 0 Å². The summed E-state index contributed by atoms with van der Waals surface area (Å²) in [4.78, 5) is 31.1. The molecule has 0 spiro atoms. The largest absolute Gasteiger partial charge is 0.466 e. The van der Waals surface area contributed by atoms with Crippen molar-refractivity contribution in [2.24, 2.45) is 0 Å². The molecule has 11 nitrogen and oxygen atoms in total. The number of halogens is 2. The molecule has 0 saturated heterocycles. The standard InChI is InChI=1S/C12H17N4OS.2ClH.H3O4P.2H2O/c1-8-11(3-4-17)18-7-16(8)6-10-5-14-9(2)15-12(10)13;;;1-5(2,3)4;;/h5,7,17H,3-4,6H2,1-2H3,(H2,13,14,15);2*1H;(H3,1,2,3,4);2*1H2/q+1;;;;;. The molecule has 0 atom stereocenters. The minimum atomic E-state index is -4.64. The Balaban J connectivity index is -0.000000264. The zero-order valence-corrected chi connectivity index (χ0v) is 17.9. The Morgan fingerprint density at radius 3 is 2.19 bits per heavy atom. The molecule has 0 aliphatic heterocycles. The minimum absolute atomic E-state index is 0. The van der Waals surface area contributed by atoms with E-state index in [1.54, 1.807) is 17.5 Å². The van der Waals surface area contributed by atoms with E-state index in [2.05, 4.69) is 14.5 Å². The van der Waals surface area contributed by atoms with Gasteiger partial charge in [-0.1, -0.05) is 11.3 Å². The van der Waals surface area contributed by atoms with E-state index in [9.17, 15) is 0 Å². The fraction of sp³-hybridized carbons (Fsp3) is 0.417. The first-order chi connectivity index (χ1) is 10.6. The van der Waals surface area contributed by atoms with E-state index in [1.807, 2.05) is 19.4 Å². The van der Waals surface area contributed by atoms with Gasteiger partial charge in [0.1, 0.15) is 11.6 Å². The number of anilines is 1. The first-order valence-corrected chi connectivity index (χ1v) is 8.99. The van der Waals surface area contributed by atoms with Gasteiger partial charge in [0.2, 0.25) is 5.51 Å². The number of hydrogen-bond acceptors (Lipinski definition) is 6. The summed E-state index contributed by atoms with van der Waals surface area (Å²) in [5, 5.41) is 8.98. The number of aromatic nitrogens is 3. The molecule has 0 radical (unpaired) electrons. The first-order valence-electron chi connectivity index (χ1n) is 6.55. The number of rotatable bonds is 4. The quantitative estimate of drug-likeness (QED) is 0.270. The van der Waals surface area contributed by atoms with E-state index in [4.69, 9.17) is 30.1 Å². The van der Waals surface area contributed by atoms with Crippen LogP contribution in [0.3, 0.4) is 0 Å². The van der Waals surface area contributed by atoms with Crippen LogP contribution in [0.4, 0.5) is 5.82 Å². The molecule has 0 aliphatic rings. The lowest BCUT2D eigenvalue weighted by atomic mass is 10.2. The highest BCUT2D eigenvalue weighted by Crippen LogP contribution is 2.25. The van der Waals surface area contributed by atoms with E-state index < -0.39 is 7.82 Å². The highest BCUT2D eigenvalue weighted by molar-refractivity contribution is 7.45. The molecule has 0 amide bonds. The van der Waals surface area contributed by atoms with E-state index in [0.717, 1.165) is 11.3 Å². The van der Waals surface area contributed by atoms with Gasteiger partial charge in [-0.3, -0.25) is 0 Å². The van der Waals surface area contributed by atoms with Gasteiger partial charge in [0, 0.05) is 26.1 Å². The number of aliphatic hydroxyl groups excluding tert-OH is 1. The molecule has 0 bridgehead atoms. The second kappa shape index (κ2) is 15.1. The molecular weight excluding hydrogens is 446 g/mol. The molecule has 160 valence electrons. The fourth-order valence-electron chi connectivity index (χ4n) is 1.77. The summed E-state index contributed by atoms with van der Waals surface area (Å²) in [6, 6.07) is 0. The number of nitrogens with two attached hydrogens (primary N) is 1. The number of nitrogen functional groups attached to an aromatic ring is 1. The lowest BCUT2D eigenvalue weighted by molar-refractivity contribution is -0.689. The topological polar surface area (TPSA) is 217 Å². The zero-order valence-electron chi connectivity index (χ0n) is 14.6. The number of phosphoric acid groups is 1. The maximum Gasteiger partial charge on any atom is 0.466 e. The molecule has 0 aliphatic carbocycles. The molecular formula is C12H26Cl2N4O7PS+. The van der Waals surface area contributed by atoms with Gasteiger partial charge in [-0.25, -0.2) is 14.5 Å². The van der Waals surface area contributed by atoms with Crippen molar-refractivity contribution in [2.75, 3.05) is 12.3 Å². The van der Waals surface area contributed by atoms with Gasteiger partial charge in [-0.2, -0.15) is 4.57 Å². The van der Waals surface area contributed by atoms with Crippen LogP contribution in [0.1, 0.15) is 22.0 Å². The van der Waals surface area contributed by atoms with Crippen LogP contribution in [-0.2, 0) is 17.5 Å². The Morgan fingerprint density at radius 1 is 1.22 bits per heavy atom. The SMILES string of the molecule is Cc1ncc(C[n+]2csc(CCO)c2C)c(N)n1.Cl.Cl.O.O.O=P(O)(O)O. The summed E-state index contributed by atoms with van der Waals surface area (Å²) in [5.74, 6) is 1.22. The van der Waals surface area contributed by atoms with E-state index in [0.29, 0.717) is 24.6 Å². The third kappa shape index (κ3) is 13.0. The second-order valence-electron chi connectivity index (χ2n) is 4.67. The van der Waals surface area contributed by atoms with Crippen LogP contribution in [0.5, 0.6) is 0 Å². The maximum absolute atomic E-state index is 8.98. The van der Waals surface area contributed by atoms with Crippen LogP contribution < -0.4 is 10.3 Å². The van der Waals surface area contributed by atoms with Crippen molar-refractivity contribution in [3.05, 3.63) is 33.7 Å². The molecule has 2 heterocycles. The predicted octanol–water partition coefficient (Wildman–Crippen LogP) is -1.13. The van der Waals surface area contributed by atoms with E-state index >= 15 is 0 Å². The van der Waals surface area contributed by atoms with Gasteiger partial charge in [0.25, 0.3) is 0 Å². The summed E-state index contributed by atoms with van der Waals surface area (Å²) >= 11 is 1.65. The van der Waals surface area contributed by atoms with Crippen molar-refractivity contribution < 1.29 is 39.9 Å². The second-order valence-corrected chi connectivity index (χ2v) is 6.64. The predicted molar refractivity (Wildman–Crippen MR) is 106 cm³/mol. The Hall–Kier alpha value is -0.920. The van der Waals surface area contributed by atoms with Crippen LogP contribution in [0.25, 0.3) is 0 Å². The number of thiazole rings is 1. The molecule has 15 heteroatoms. The Bertz CT molecular complexity index is 709. The Labute approximate surface area is 172 Å². The van der Waals surface area contributed by atoms with Crippen LogP contribution in [0.15, 0.2) is 11.7 Å². The summed E-state index contributed by atoms with van der Waals surface area (Å²) in [6.07, 6.45) is 2.47. The normalized spacial score (nSPS) is 9.41. The van der Waals surface area contributed by atoms with Gasteiger partial charge in [-0.05, 0) is 6.92 Å². The summed E-state index contributed by atoms with van der Waals surface area (Å²) in [5.41, 5.74) is 10.0. The monoisotopic (exact) mass is 471 g/mol. The summed E-state index contributed by atoms with van der Waals surface area (Å²) < 4.78 is 11.0. The van der Waals surface area contributed by atoms with Gasteiger partial charge < -0.3 is 36.5 Å². The summed E-state index contributed by atoms with van der Waals surface area (Å²) in [7, 11) is -4.64. The number of hydrogen-bond donors (Lipinski definition) is 5.